The first-order valence-corrected chi connectivity index (χ1v) is 5.14. The molecule has 0 N–H and O–H groups in total. The van der Waals surface area contributed by atoms with Crippen molar-refractivity contribution in [2.45, 2.75) is 26.4 Å². The molecule has 0 aliphatic heterocycles. The Bertz CT molecular complexity index is 455. The number of benzene rings is 1. The Labute approximate surface area is 99.6 Å². The van der Waals surface area contributed by atoms with Gasteiger partial charge in [0.05, 0.1) is 22.2 Å². The number of halogens is 1. The first kappa shape index (κ1) is 12.5. The predicted molar refractivity (Wildman–Crippen MR) is 61.3 cm³/mol. The van der Waals surface area contributed by atoms with Crippen molar-refractivity contribution in [3.63, 3.8) is 0 Å². The molecule has 0 unspecified atom stereocenters. The van der Waals surface area contributed by atoms with Crippen LogP contribution < -0.4 is 0 Å². The molecule has 0 spiro atoms. The van der Waals surface area contributed by atoms with E-state index in [1.54, 1.807) is 26.8 Å². The SMILES string of the molecule is CC(C)(C)OC(=O)c1cc(C#N)ccc1Cl. The fourth-order valence-electron chi connectivity index (χ4n) is 1.08. The molecule has 0 radical (unpaired) electrons. The molecule has 0 aliphatic carbocycles. The monoisotopic (exact) mass is 237 g/mol. The van der Waals surface area contributed by atoms with Gasteiger partial charge in [-0.15, -0.1) is 0 Å². The number of rotatable bonds is 1. The average Bonchev–Trinajstić information content (AvgIpc) is 2.15. The summed E-state index contributed by atoms with van der Waals surface area (Å²) in [7, 11) is 0. The van der Waals surface area contributed by atoms with Gasteiger partial charge in [-0.2, -0.15) is 5.26 Å². The van der Waals surface area contributed by atoms with Gasteiger partial charge in [0.25, 0.3) is 0 Å². The average molecular weight is 238 g/mol. The van der Waals surface area contributed by atoms with E-state index < -0.39 is 11.6 Å². The van der Waals surface area contributed by atoms with E-state index in [0.717, 1.165) is 0 Å². The normalized spacial score (nSPS) is 10.7. The van der Waals surface area contributed by atoms with Crippen LogP contribution in [0.1, 0.15) is 36.7 Å². The van der Waals surface area contributed by atoms with Gasteiger partial charge >= 0.3 is 5.97 Å². The summed E-state index contributed by atoms with van der Waals surface area (Å²) in [6.45, 7) is 5.31. The topological polar surface area (TPSA) is 50.1 Å². The molecule has 1 rings (SSSR count). The lowest BCUT2D eigenvalue weighted by molar-refractivity contribution is 0.00697. The molecule has 0 amide bonds. The van der Waals surface area contributed by atoms with Gasteiger partial charge in [0.1, 0.15) is 5.60 Å². The number of carbonyl (C=O) groups is 1. The zero-order valence-electron chi connectivity index (χ0n) is 9.37. The van der Waals surface area contributed by atoms with Crippen LogP contribution in [-0.2, 0) is 4.74 Å². The van der Waals surface area contributed by atoms with E-state index in [-0.39, 0.29) is 10.6 Å². The van der Waals surface area contributed by atoms with Crippen LogP contribution in [0.2, 0.25) is 5.02 Å². The Kier molecular flexibility index (Phi) is 3.56. The maximum atomic E-state index is 11.7. The van der Waals surface area contributed by atoms with Gasteiger partial charge < -0.3 is 4.74 Å². The predicted octanol–water partition coefficient (Wildman–Crippen LogP) is 3.17. The van der Waals surface area contributed by atoms with Crippen molar-refractivity contribution in [2.24, 2.45) is 0 Å². The highest BCUT2D eigenvalue weighted by Crippen LogP contribution is 2.20. The Morgan fingerprint density at radius 3 is 2.56 bits per heavy atom. The molecule has 0 aliphatic rings. The second-order valence-corrected chi connectivity index (χ2v) is 4.72. The molecule has 0 heterocycles. The molecular weight excluding hydrogens is 226 g/mol. The molecule has 0 bridgehead atoms. The number of ether oxygens (including phenoxy) is 1. The van der Waals surface area contributed by atoms with E-state index in [1.165, 1.54) is 12.1 Å². The molecule has 3 nitrogen and oxygen atoms in total. The smallest absolute Gasteiger partial charge is 0.340 e. The molecular formula is C12H12ClNO2. The molecule has 1 aromatic rings. The summed E-state index contributed by atoms with van der Waals surface area (Å²) in [5, 5.41) is 9.01. The molecule has 4 heteroatoms. The van der Waals surface area contributed by atoms with Crippen LogP contribution >= 0.6 is 11.6 Å². The third-order valence-corrected chi connectivity index (χ3v) is 2.04. The zero-order chi connectivity index (χ0) is 12.3. The van der Waals surface area contributed by atoms with Crippen molar-refractivity contribution >= 4 is 17.6 Å². The minimum absolute atomic E-state index is 0.218. The Hall–Kier alpha value is -1.53. The number of carbonyl (C=O) groups excluding carboxylic acids is 1. The summed E-state index contributed by atoms with van der Waals surface area (Å²) in [6.07, 6.45) is 0. The molecule has 84 valence electrons. The highest BCUT2D eigenvalue weighted by molar-refractivity contribution is 6.33. The van der Waals surface area contributed by atoms with Gasteiger partial charge in [0.2, 0.25) is 0 Å². The quantitative estimate of drug-likeness (QED) is 0.705. The van der Waals surface area contributed by atoms with Crippen LogP contribution in [0, 0.1) is 11.3 Å². The second kappa shape index (κ2) is 4.54. The van der Waals surface area contributed by atoms with E-state index in [2.05, 4.69) is 0 Å². The highest BCUT2D eigenvalue weighted by Gasteiger charge is 2.20. The van der Waals surface area contributed by atoms with E-state index in [4.69, 9.17) is 21.6 Å². The van der Waals surface area contributed by atoms with Crippen molar-refractivity contribution in [3.05, 3.63) is 34.3 Å². The molecule has 0 saturated heterocycles. The summed E-state index contributed by atoms with van der Waals surface area (Å²) in [4.78, 5) is 11.7. The van der Waals surface area contributed by atoms with Crippen LogP contribution in [-0.4, -0.2) is 11.6 Å². The van der Waals surface area contributed by atoms with E-state index in [9.17, 15) is 4.79 Å². The van der Waals surface area contributed by atoms with Gasteiger partial charge in [-0.3, -0.25) is 0 Å². The van der Waals surface area contributed by atoms with Crippen molar-refractivity contribution in [1.29, 1.82) is 5.26 Å². The number of esters is 1. The summed E-state index contributed by atoms with van der Waals surface area (Å²) in [5.74, 6) is -0.519. The Morgan fingerprint density at radius 1 is 1.44 bits per heavy atom. The highest BCUT2D eigenvalue weighted by atomic mass is 35.5. The van der Waals surface area contributed by atoms with Crippen LogP contribution in [0.5, 0.6) is 0 Å². The standard InChI is InChI=1S/C12H12ClNO2/c1-12(2,3)16-11(15)9-6-8(7-14)4-5-10(9)13/h4-6H,1-3H3. The number of hydrogen-bond donors (Lipinski definition) is 0. The molecule has 0 atom stereocenters. The third kappa shape index (κ3) is 3.25. The van der Waals surface area contributed by atoms with Crippen molar-refractivity contribution in [2.75, 3.05) is 0 Å². The first-order valence-electron chi connectivity index (χ1n) is 4.76. The van der Waals surface area contributed by atoms with Crippen molar-refractivity contribution in [3.8, 4) is 6.07 Å². The van der Waals surface area contributed by atoms with Crippen LogP contribution in [0.3, 0.4) is 0 Å². The van der Waals surface area contributed by atoms with E-state index >= 15 is 0 Å². The minimum atomic E-state index is -0.580. The van der Waals surface area contributed by atoms with E-state index in [1.807, 2.05) is 6.07 Å². The molecule has 0 fully saturated rings. The lowest BCUT2D eigenvalue weighted by Gasteiger charge is -2.19. The lowest BCUT2D eigenvalue weighted by atomic mass is 10.1. The number of nitrogens with zero attached hydrogens (tertiary/aromatic N) is 1. The molecule has 0 aromatic heterocycles. The first-order chi connectivity index (χ1) is 7.33. The number of nitriles is 1. The summed E-state index contributed by atoms with van der Waals surface area (Å²) in [5.41, 5.74) is 0.0178. The minimum Gasteiger partial charge on any atom is -0.456 e. The van der Waals surface area contributed by atoms with Gasteiger partial charge in [0.15, 0.2) is 0 Å². The van der Waals surface area contributed by atoms with Gasteiger partial charge in [-0.05, 0) is 39.0 Å². The largest absolute Gasteiger partial charge is 0.456 e. The maximum Gasteiger partial charge on any atom is 0.340 e. The van der Waals surface area contributed by atoms with Crippen LogP contribution in [0.15, 0.2) is 18.2 Å². The van der Waals surface area contributed by atoms with Crippen molar-refractivity contribution in [1.82, 2.24) is 0 Å². The van der Waals surface area contributed by atoms with Crippen LogP contribution in [0.4, 0.5) is 0 Å². The van der Waals surface area contributed by atoms with Gasteiger partial charge in [-0.1, -0.05) is 11.6 Å². The Morgan fingerprint density at radius 2 is 2.06 bits per heavy atom. The molecule has 16 heavy (non-hydrogen) atoms. The lowest BCUT2D eigenvalue weighted by Crippen LogP contribution is -2.24. The molecule has 0 saturated carbocycles. The second-order valence-electron chi connectivity index (χ2n) is 4.31. The maximum absolute atomic E-state index is 11.7. The fourth-order valence-corrected chi connectivity index (χ4v) is 1.28. The summed E-state index contributed by atoms with van der Waals surface area (Å²) in [6, 6.07) is 6.44. The fraction of sp³-hybridized carbons (Fsp3) is 0.333. The number of hydrogen-bond acceptors (Lipinski definition) is 3. The van der Waals surface area contributed by atoms with Crippen LogP contribution in [0.25, 0.3) is 0 Å². The van der Waals surface area contributed by atoms with E-state index in [0.29, 0.717) is 5.56 Å². The van der Waals surface area contributed by atoms with Gasteiger partial charge in [0, 0.05) is 0 Å². The third-order valence-electron chi connectivity index (χ3n) is 1.71. The molecule has 1 aromatic carbocycles. The Balaban J connectivity index is 3.04. The summed E-state index contributed by atoms with van der Waals surface area (Å²) >= 11 is 5.87. The van der Waals surface area contributed by atoms with Crippen molar-refractivity contribution < 1.29 is 9.53 Å². The van der Waals surface area contributed by atoms with Gasteiger partial charge in [-0.25, -0.2) is 4.79 Å². The zero-order valence-corrected chi connectivity index (χ0v) is 10.1. The summed E-state index contributed by atoms with van der Waals surface area (Å²) < 4.78 is 5.17.